The van der Waals surface area contributed by atoms with E-state index in [4.69, 9.17) is 4.74 Å². The molecule has 2 aromatic heterocycles. The Balaban J connectivity index is 1.49. The fraction of sp³-hybridized carbons (Fsp3) is 0.467. The minimum absolute atomic E-state index is 0.0113. The highest BCUT2D eigenvalue weighted by Gasteiger charge is 2.18. The van der Waals surface area contributed by atoms with Crippen LogP contribution >= 0.6 is 0 Å². The number of hydrogen-bond acceptors (Lipinski definition) is 5. The first kappa shape index (κ1) is 14.6. The minimum atomic E-state index is -0.0941. The maximum absolute atomic E-state index is 11.8. The Morgan fingerprint density at radius 2 is 2.23 bits per heavy atom. The van der Waals surface area contributed by atoms with E-state index in [1.807, 2.05) is 0 Å². The second-order valence-corrected chi connectivity index (χ2v) is 5.29. The average molecular weight is 301 g/mol. The number of aromatic nitrogens is 4. The maximum Gasteiger partial charge on any atom is 0.241 e. The van der Waals surface area contributed by atoms with E-state index in [0.717, 1.165) is 37.3 Å². The van der Waals surface area contributed by atoms with Gasteiger partial charge in [-0.1, -0.05) is 0 Å². The van der Waals surface area contributed by atoms with Crippen molar-refractivity contribution in [2.75, 3.05) is 6.61 Å². The zero-order valence-corrected chi connectivity index (χ0v) is 12.3. The van der Waals surface area contributed by atoms with Crippen LogP contribution in [0.2, 0.25) is 0 Å². The molecule has 3 rings (SSSR count). The van der Waals surface area contributed by atoms with Gasteiger partial charge < -0.3 is 10.1 Å². The summed E-state index contributed by atoms with van der Waals surface area (Å²) in [4.78, 5) is 20.5. The third-order valence-corrected chi connectivity index (χ3v) is 3.55. The van der Waals surface area contributed by atoms with Gasteiger partial charge >= 0.3 is 0 Å². The molecule has 3 heterocycles. The zero-order valence-electron chi connectivity index (χ0n) is 12.3. The lowest BCUT2D eigenvalue weighted by Gasteiger charge is -2.21. The maximum atomic E-state index is 11.8. The van der Waals surface area contributed by atoms with Crippen LogP contribution in [0.25, 0.3) is 0 Å². The van der Waals surface area contributed by atoms with E-state index < -0.39 is 0 Å². The van der Waals surface area contributed by atoms with Crippen LogP contribution in [0.4, 0.5) is 0 Å². The van der Waals surface area contributed by atoms with Gasteiger partial charge in [-0.05, 0) is 25.3 Å². The van der Waals surface area contributed by atoms with Crippen LogP contribution in [0.3, 0.4) is 0 Å². The molecular formula is C15H19N5O2. The molecule has 0 bridgehead atoms. The van der Waals surface area contributed by atoms with Crippen molar-refractivity contribution < 1.29 is 9.53 Å². The van der Waals surface area contributed by atoms with Crippen LogP contribution in [0, 0.1) is 0 Å². The normalized spacial score (nSPS) is 18.1. The van der Waals surface area contributed by atoms with Crippen molar-refractivity contribution in [3.8, 4) is 0 Å². The predicted molar refractivity (Wildman–Crippen MR) is 78.6 cm³/mol. The molecule has 1 amide bonds. The fourth-order valence-electron chi connectivity index (χ4n) is 2.36. The summed E-state index contributed by atoms with van der Waals surface area (Å²) in [6, 6.07) is 1.78. The number of hydrogen-bond donors (Lipinski definition) is 1. The van der Waals surface area contributed by atoms with E-state index in [2.05, 4.69) is 20.4 Å². The van der Waals surface area contributed by atoms with Crippen molar-refractivity contribution in [2.24, 2.45) is 0 Å². The summed E-state index contributed by atoms with van der Waals surface area (Å²) >= 11 is 0. The van der Waals surface area contributed by atoms with Crippen LogP contribution in [0.15, 0.2) is 30.9 Å². The summed E-state index contributed by atoms with van der Waals surface area (Å²) in [5, 5.41) is 6.82. The monoisotopic (exact) mass is 301 g/mol. The van der Waals surface area contributed by atoms with Crippen molar-refractivity contribution in [3.05, 3.63) is 42.2 Å². The summed E-state index contributed by atoms with van der Waals surface area (Å²) in [7, 11) is 0. The summed E-state index contributed by atoms with van der Waals surface area (Å²) in [6.45, 7) is 1.40. The Bertz CT molecular complexity index is 591. The van der Waals surface area contributed by atoms with E-state index in [0.29, 0.717) is 6.54 Å². The number of amides is 1. The lowest BCUT2D eigenvalue weighted by molar-refractivity contribution is -0.122. The van der Waals surface area contributed by atoms with Gasteiger partial charge in [-0.25, -0.2) is 9.97 Å². The Kier molecular flexibility index (Phi) is 4.75. The zero-order chi connectivity index (χ0) is 15.2. The number of carbonyl (C=O) groups excluding carboxylic acids is 1. The quantitative estimate of drug-likeness (QED) is 0.898. The Morgan fingerprint density at radius 1 is 1.36 bits per heavy atom. The molecule has 0 spiro atoms. The molecule has 0 radical (unpaired) electrons. The van der Waals surface area contributed by atoms with Crippen LogP contribution in [0.5, 0.6) is 0 Å². The van der Waals surface area contributed by atoms with Gasteiger partial charge in [0.05, 0.1) is 0 Å². The van der Waals surface area contributed by atoms with E-state index in [9.17, 15) is 4.79 Å². The number of ether oxygens (including phenoxy) is 1. The first-order chi connectivity index (χ1) is 10.8. The molecule has 1 aliphatic rings. The summed E-state index contributed by atoms with van der Waals surface area (Å²) in [6.07, 6.45) is 10.1. The molecule has 1 fully saturated rings. The first-order valence-corrected chi connectivity index (χ1v) is 7.48. The number of carbonyl (C=O) groups is 1. The van der Waals surface area contributed by atoms with Crippen molar-refractivity contribution in [1.82, 2.24) is 25.1 Å². The number of nitrogens with one attached hydrogen (secondary N) is 1. The van der Waals surface area contributed by atoms with Gasteiger partial charge in [0.15, 0.2) is 5.82 Å². The van der Waals surface area contributed by atoms with Gasteiger partial charge in [0.1, 0.15) is 12.6 Å². The van der Waals surface area contributed by atoms with E-state index in [1.165, 1.54) is 0 Å². The Morgan fingerprint density at radius 3 is 2.91 bits per heavy atom. The minimum Gasteiger partial charge on any atom is -0.370 e. The van der Waals surface area contributed by atoms with Crippen LogP contribution < -0.4 is 5.32 Å². The number of rotatable bonds is 5. The second-order valence-electron chi connectivity index (χ2n) is 5.29. The molecule has 7 nitrogen and oxygen atoms in total. The van der Waals surface area contributed by atoms with Crippen molar-refractivity contribution in [1.29, 1.82) is 0 Å². The smallest absolute Gasteiger partial charge is 0.241 e. The van der Waals surface area contributed by atoms with Gasteiger partial charge in [0.2, 0.25) is 5.91 Å². The van der Waals surface area contributed by atoms with Gasteiger partial charge in [-0.15, -0.1) is 0 Å². The van der Waals surface area contributed by atoms with Gasteiger partial charge in [-0.2, -0.15) is 5.10 Å². The molecular weight excluding hydrogens is 282 g/mol. The molecule has 2 aromatic rings. The fourth-order valence-corrected chi connectivity index (χ4v) is 2.36. The molecule has 1 aliphatic heterocycles. The van der Waals surface area contributed by atoms with E-state index >= 15 is 0 Å². The standard InChI is InChI=1S/C15H19N5O2/c21-14(11-20-6-3-5-19-20)16-8-12-9-17-15(18-10-12)13-4-1-2-7-22-13/h3,5-6,9-10,13H,1-2,4,7-8,11H2,(H,16,21)/t13-/m1/s1. The second kappa shape index (κ2) is 7.13. The molecule has 0 saturated carbocycles. The molecule has 22 heavy (non-hydrogen) atoms. The lowest BCUT2D eigenvalue weighted by Crippen LogP contribution is -2.27. The lowest BCUT2D eigenvalue weighted by atomic mass is 10.1. The topological polar surface area (TPSA) is 81.9 Å². The van der Waals surface area contributed by atoms with Gasteiger partial charge in [0, 0.05) is 43.5 Å². The van der Waals surface area contributed by atoms with Gasteiger partial charge in [0.25, 0.3) is 0 Å². The molecule has 0 unspecified atom stereocenters. The Labute approximate surface area is 128 Å². The van der Waals surface area contributed by atoms with Gasteiger partial charge in [-0.3, -0.25) is 9.48 Å². The van der Waals surface area contributed by atoms with Crippen LogP contribution in [-0.2, 0) is 22.6 Å². The molecule has 116 valence electrons. The van der Waals surface area contributed by atoms with Crippen LogP contribution in [-0.4, -0.2) is 32.3 Å². The Hall–Kier alpha value is -2.28. The molecule has 1 saturated heterocycles. The molecule has 7 heteroatoms. The highest BCUT2D eigenvalue weighted by atomic mass is 16.5. The third-order valence-electron chi connectivity index (χ3n) is 3.55. The summed E-state index contributed by atoms with van der Waals surface area (Å²) in [5.74, 6) is 0.634. The largest absolute Gasteiger partial charge is 0.370 e. The van der Waals surface area contributed by atoms with E-state index in [1.54, 1.807) is 35.5 Å². The molecule has 1 atom stereocenters. The summed E-state index contributed by atoms with van der Waals surface area (Å²) < 4.78 is 7.24. The first-order valence-electron chi connectivity index (χ1n) is 7.48. The SMILES string of the molecule is O=C(Cn1cccn1)NCc1cnc([C@H]2CCCCO2)nc1. The average Bonchev–Trinajstić information content (AvgIpc) is 3.07. The molecule has 1 N–H and O–H groups in total. The molecule has 0 aromatic carbocycles. The highest BCUT2D eigenvalue weighted by Crippen LogP contribution is 2.24. The van der Waals surface area contributed by atoms with Crippen molar-refractivity contribution in [2.45, 2.75) is 38.5 Å². The van der Waals surface area contributed by atoms with Crippen molar-refractivity contribution >= 4 is 5.91 Å². The van der Waals surface area contributed by atoms with Crippen LogP contribution in [0.1, 0.15) is 36.8 Å². The number of nitrogens with zero attached hydrogens (tertiary/aromatic N) is 4. The predicted octanol–water partition coefficient (Wildman–Crippen LogP) is 1.23. The third kappa shape index (κ3) is 3.88. The molecule has 0 aliphatic carbocycles. The van der Waals surface area contributed by atoms with E-state index in [-0.39, 0.29) is 18.6 Å². The van der Waals surface area contributed by atoms with Crippen molar-refractivity contribution in [3.63, 3.8) is 0 Å². The highest BCUT2D eigenvalue weighted by molar-refractivity contribution is 5.75. The summed E-state index contributed by atoms with van der Waals surface area (Å²) in [5.41, 5.74) is 0.869.